The summed E-state index contributed by atoms with van der Waals surface area (Å²) in [6.07, 6.45) is 0. The highest BCUT2D eigenvalue weighted by Gasteiger charge is 2.39. The minimum absolute atomic E-state index is 0.284. The van der Waals surface area contributed by atoms with Crippen molar-refractivity contribution in [1.82, 2.24) is 0 Å². The normalized spacial score (nSPS) is 20.1. The van der Waals surface area contributed by atoms with Gasteiger partial charge in [-0.15, -0.1) is 0 Å². The number of ether oxygens (including phenoxy) is 1. The quantitative estimate of drug-likeness (QED) is 0.323. The number of aryl methyl sites for hydroxylation is 1. The number of carbonyl (C=O) groups excluding carboxylic acids is 1. The van der Waals surface area contributed by atoms with Crippen molar-refractivity contribution in [3.63, 3.8) is 0 Å². The molecule has 0 amide bonds. The first-order chi connectivity index (χ1) is 14.3. The van der Waals surface area contributed by atoms with E-state index in [2.05, 4.69) is 44.3 Å². The molecule has 4 rings (SSSR count). The van der Waals surface area contributed by atoms with Gasteiger partial charge in [0.15, 0.2) is 0 Å². The second kappa shape index (κ2) is 8.25. The summed E-state index contributed by atoms with van der Waals surface area (Å²) in [6, 6.07) is 16.3. The lowest BCUT2D eigenvalue weighted by Crippen LogP contribution is -2.41. The maximum absolute atomic E-state index is 12.8. The molecular weight excluding hydrogens is 430 g/mol. The van der Waals surface area contributed by atoms with Gasteiger partial charge in [-0.2, -0.15) is 0 Å². The first-order valence-electron chi connectivity index (χ1n) is 9.82. The highest BCUT2D eigenvalue weighted by atomic mass is 32.2. The second-order valence-electron chi connectivity index (χ2n) is 7.74. The molecule has 2 aromatic rings. The van der Waals surface area contributed by atoms with Crippen molar-refractivity contribution in [2.75, 3.05) is 11.9 Å². The SMILES string of the molecule is CCOC(=O)C1=C(c2ccccc2)SC(=C2C(=S)c3ccc(C)cc3NC2(C)C)S1. The Balaban J connectivity index is 1.81. The molecule has 30 heavy (non-hydrogen) atoms. The Kier molecular flexibility index (Phi) is 5.84. The Morgan fingerprint density at radius 1 is 1.13 bits per heavy atom. The highest BCUT2D eigenvalue weighted by molar-refractivity contribution is 8.32. The van der Waals surface area contributed by atoms with E-state index < -0.39 is 0 Å². The van der Waals surface area contributed by atoms with Gasteiger partial charge >= 0.3 is 5.97 Å². The molecule has 2 heterocycles. The zero-order valence-electron chi connectivity index (χ0n) is 17.4. The number of nitrogens with one attached hydrogen (secondary N) is 1. The summed E-state index contributed by atoms with van der Waals surface area (Å²) in [5, 5.41) is 3.65. The predicted molar refractivity (Wildman–Crippen MR) is 133 cm³/mol. The van der Waals surface area contributed by atoms with Gasteiger partial charge in [0, 0.05) is 21.7 Å². The third kappa shape index (κ3) is 3.84. The van der Waals surface area contributed by atoms with Crippen LogP contribution in [0, 0.1) is 6.92 Å². The van der Waals surface area contributed by atoms with Gasteiger partial charge in [-0.05, 0) is 44.9 Å². The summed E-state index contributed by atoms with van der Waals surface area (Å²) in [5.74, 6) is -0.284. The fraction of sp³-hybridized carbons (Fsp3) is 0.250. The molecule has 0 fully saturated rings. The smallest absolute Gasteiger partial charge is 0.346 e. The lowest BCUT2D eigenvalue weighted by atomic mass is 9.84. The van der Waals surface area contributed by atoms with Gasteiger partial charge in [-0.3, -0.25) is 0 Å². The topological polar surface area (TPSA) is 38.3 Å². The Labute approximate surface area is 191 Å². The van der Waals surface area contributed by atoms with Crippen molar-refractivity contribution in [1.29, 1.82) is 0 Å². The molecule has 154 valence electrons. The van der Waals surface area contributed by atoms with Crippen LogP contribution in [0.3, 0.4) is 0 Å². The van der Waals surface area contributed by atoms with E-state index in [9.17, 15) is 4.79 Å². The molecule has 2 aliphatic heterocycles. The van der Waals surface area contributed by atoms with Gasteiger partial charge in [0.2, 0.25) is 0 Å². The number of carbonyl (C=O) groups is 1. The molecule has 2 aliphatic rings. The van der Waals surface area contributed by atoms with E-state index in [0.717, 1.165) is 36.4 Å². The van der Waals surface area contributed by atoms with E-state index in [0.29, 0.717) is 11.5 Å². The van der Waals surface area contributed by atoms with Crippen LogP contribution >= 0.6 is 35.7 Å². The minimum atomic E-state index is -0.362. The third-order valence-electron chi connectivity index (χ3n) is 5.02. The summed E-state index contributed by atoms with van der Waals surface area (Å²) in [5.41, 5.74) is 4.99. The number of rotatable bonds is 3. The Morgan fingerprint density at radius 3 is 2.57 bits per heavy atom. The molecule has 0 saturated heterocycles. The molecule has 0 radical (unpaired) electrons. The van der Waals surface area contributed by atoms with E-state index in [1.54, 1.807) is 11.8 Å². The number of thioether (sulfide) groups is 2. The van der Waals surface area contributed by atoms with Crippen molar-refractivity contribution in [2.24, 2.45) is 0 Å². The molecule has 0 saturated carbocycles. The van der Waals surface area contributed by atoms with E-state index in [1.165, 1.54) is 17.3 Å². The molecular formula is C24H23NO2S3. The number of esters is 1. The van der Waals surface area contributed by atoms with Crippen LogP contribution in [0.1, 0.15) is 37.5 Å². The van der Waals surface area contributed by atoms with Crippen molar-refractivity contribution in [2.45, 2.75) is 33.2 Å². The third-order valence-corrected chi connectivity index (χ3v) is 8.07. The number of hydrogen-bond acceptors (Lipinski definition) is 6. The molecule has 0 bridgehead atoms. The Morgan fingerprint density at radius 2 is 1.87 bits per heavy atom. The molecule has 0 unspecified atom stereocenters. The summed E-state index contributed by atoms with van der Waals surface area (Å²) < 4.78 is 6.39. The summed E-state index contributed by atoms with van der Waals surface area (Å²) >= 11 is 9.05. The van der Waals surface area contributed by atoms with E-state index in [-0.39, 0.29) is 11.5 Å². The van der Waals surface area contributed by atoms with Gasteiger partial charge in [-0.1, -0.05) is 78.2 Å². The monoisotopic (exact) mass is 453 g/mol. The average Bonchev–Trinajstić information content (AvgIpc) is 3.12. The molecule has 1 N–H and O–H groups in total. The van der Waals surface area contributed by atoms with E-state index in [1.807, 2.05) is 37.3 Å². The molecule has 0 aromatic heterocycles. The average molecular weight is 454 g/mol. The first kappa shape index (κ1) is 21.2. The molecule has 6 heteroatoms. The number of fused-ring (bicyclic) bond motifs is 1. The zero-order valence-corrected chi connectivity index (χ0v) is 19.8. The van der Waals surface area contributed by atoms with Crippen LogP contribution in [0.2, 0.25) is 0 Å². The fourth-order valence-electron chi connectivity index (χ4n) is 3.64. The highest BCUT2D eigenvalue weighted by Crippen LogP contribution is 2.57. The van der Waals surface area contributed by atoms with Crippen LogP contribution in [-0.4, -0.2) is 23.0 Å². The lowest BCUT2D eigenvalue weighted by molar-refractivity contribution is -0.137. The lowest BCUT2D eigenvalue weighted by Gasteiger charge is -2.38. The predicted octanol–water partition coefficient (Wildman–Crippen LogP) is 6.54. The van der Waals surface area contributed by atoms with Crippen molar-refractivity contribution in [3.05, 3.63) is 79.9 Å². The van der Waals surface area contributed by atoms with Gasteiger partial charge in [0.05, 0.1) is 21.2 Å². The summed E-state index contributed by atoms with van der Waals surface area (Å²) in [7, 11) is 0. The maximum atomic E-state index is 12.8. The second-order valence-corrected chi connectivity index (χ2v) is 10.4. The fourth-order valence-corrected chi connectivity index (χ4v) is 7.29. The van der Waals surface area contributed by atoms with Gasteiger partial charge in [-0.25, -0.2) is 4.79 Å². The van der Waals surface area contributed by atoms with Gasteiger partial charge in [0.25, 0.3) is 0 Å². The zero-order chi connectivity index (χ0) is 21.5. The Hall–Kier alpha value is -2.02. The van der Waals surface area contributed by atoms with Crippen LogP contribution in [0.15, 0.2) is 63.2 Å². The number of anilines is 1. The standard InChI is InChI=1S/C24H23NO2S3/c1-5-27-22(26)21-20(15-9-7-6-8-10-15)29-23(30-21)18-19(28)16-12-11-14(2)13-17(16)25-24(18,3)4/h6-13,25H,5H2,1-4H3. The van der Waals surface area contributed by atoms with Crippen LogP contribution in [0.5, 0.6) is 0 Å². The summed E-state index contributed by atoms with van der Waals surface area (Å²) in [6.45, 7) is 8.53. The minimum Gasteiger partial charge on any atom is -0.462 e. The number of benzene rings is 2. The van der Waals surface area contributed by atoms with Gasteiger partial charge in [0.1, 0.15) is 4.91 Å². The summed E-state index contributed by atoms with van der Waals surface area (Å²) in [4.78, 5) is 15.1. The van der Waals surface area contributed by atoms with E-state index in [4.69, 9.17) is 17.0 Å². The van der Waals surface area contributed by atoms with Gasteiger partial charge < -0.3 is 10.1 Å². The maximum Gasteiger partial charge on any atom is 0.346 e. The number of hydrogen-bond donors (Lipinski definition) is 1. The molecule has 2 aromatic carbocycles. The van der Waals surface area contributed by atoms with Crippen LogP contribution in [0.4, 0.5) is 5.69 Å². The number of thiocarbonyl (C=S) groups is 1. The van der Waals surface area contributed by atoms with Crippen LogP contribution < -0.4 is 5.32 Å². The van der Waals surface area contributed by atoms with Crippen molar-refractivity contribution < 1.29 is 9.53 Å². The van der Waals surface area contributed by atoms with Crippen LogP contribution in [-0.2, 0) is 9.53 Å². The Bertz CT molecular complexity index is 1100. The first-order valence-corrected chi connectivity index (χ1v) is 11.9. The molecule has 0 atom stereocenters. The van der Waals surface area contributed by atoms with E-state index >= 15 is 0 Å². The molecule has 3 nitrogen and oxygen atoms in total. The molecule has 0 aliphatic carbocycles. The van der Waals surface area contributed by atoms with Crippen molar-refractivity contribution >= 4 is 57.2 Å². The molecule has 0 spiro atoms. The van der Waals surface area contributed by atoms with Crippen LogP contribution in [0.25, 0.3) is 4.91 Å². The largest absolute Gasteiger partial charge is 0.462 e. The van der Waals surface area contributed by atoms with Crippen molar-refractivity contribution in [3.8, 4) is 0 Å².